The standard InChI is InChI=1S/C8H8Cl2O.Na/c1-4-3-6(11)8(10)5(2)7(4)9;/h3,11H,1-2H3;/q;+1/p-1. The van der Waals surface area contributed by atoms with E-state index in [1.165, 1.54) is 6.07 Å². The molecule has 0 N–H and O–H groups in total. The van der Waals surface area contributed by atoms with Gasteiger partial charge in [0.15, 0.2) is 0 Å². The maximum atomic E-state index is 11.0. The Morgan fingerprint density at radius 2 is 1.67 bits per heavy atom. The second kappa shape index (κ2) is 4.73. The Balaban J connectivity index is 0.00000121. The van der Waals surface area contributed by atoms with Crippen LogP contribution in [-0.4, -0.2) is 0 Å². The molecule has 4 heteroatoms. The molecule has 0 saturated heterocycles. The van der Waals surface area contributed by atoms with Gasteiger partial charge in [0, 0.05) is 10.0 Å². The zero-order valence-corrected chi connectivity index (χ0v) is 10.8. The summed E-state index contributed by atoms with van der Waals surface area (Å²) in [7, 11) is 0. The van der Waals surface area contributed by atoms with Gasteiger partial charge in [0.05, 0.1) is 0 Å². The number of halogens is 2. The zero-order valence-electron chi connectivity index (χ0n) is 7.24. The van der Waals surface area contributed by atoms with Gasteiger partial charge in [-0.25, -0.2) is 0 Å². The first-order valence-corrected chi connectivity index (χ1v) is 3.92. The van der Waals surface area contributed by atoms with Crippen LogP contribution in [0.3, 0.4) is 0 Å². The van der Waals surface area contributed by atoms with Gasteiger partial charge >= 0.3 is 29.6 Å². The van der Waals surface area contributed by atoms with Gasteiger partial charge in [-0.1, -0.05) is 35.0 Å². The summed E-state index contributed by atoms with van der Waals surface area (Å²) in [5.41, 5.74) is 1.44. The summed E-state index contributed by atoms with van der Waals surface area (Å²) in [6.45, 7) is 3.52. The summed E-state index contributed by atoms with van der Waals surface area (Å²) in [5.74, 6) is -0.161. The first-order valence-electron chi connectivity index (χ1n) is 3.16. The Bertz CT molecular complexity index is 273. The number of hydrogen-bond acceptors (Lipinski definition) is 1. The summed E-state index contributed by atoms with van der Waals surface area (Å²) in [5, 5.41) is 11.8. The van der Waals surface area contributed by atoms with Gasteiger partial charge in [-0.2, -0.15) is 0 Å². The Hall–Kier alpha value is 0.600. The van der Waals surface area contributed by atoms with Gasteiger partial charge in [0.1, 0.15) is 0 Å². The second-order valence-corrected chi connectivity index (χ2v) is 3.20. The molecule has 0 radical (unpaired) electrons. The van der Waals surface area contributed by atoms with Gasteiger partial charge in [-0.15, -0.1) is 0 Å². The summed E-state index contributed by atoms with van der Waals surface area (Å²) >= 11 is 11.5. The summed E-state index contributed by atoms with van der Waals surface area (Å²) in [4.78, 5) is 0. The van der Waals surface area contributed by atoms with Crippen molar-refractivity contribution in [2.24, 2.45) is 0 Å². The molecule has 1 aromatic rings. The topological polar surface area (TPSA) is 23.1 Å². The van der Waals surface area contributed by atoms with Crippen molar-refractivity contribution >= 4 is 23.2 Å². The fourth-order valence-electron chi connectivity index (χ4n) is 0.900. The van der Waals surface area contributed by atoms with Crippen LogP contribution in [0, 0.1) is 13.8 Å². The van der Waals surface area contributed by atoms with Crippen LogP contribution in [-0.2, 0) is 0 Å². The molecule has 0 fully saturated rings. The summed E-state index contributed by atoms with van der Waals surface area (Å²) in [6, 6.07) is 1.44. The first-order chi connectivity index (χ1) is 5.04. The fraction of sp³-hybridized carbons (Fsp3) is 0.250. The number of rotatable bonds is 0. The molecule has 12 heavy (non-hydrogen) atoms. The van der Waals surface area contributed by atoms with E-state index in [-0.39, 0.29) is 40.3 Å². The van der Waals surface area contributed by atoms with Crippen molar-refractivity contribution in [3.8, 4) is 5.75 Å². The van der Waals surface area contributed by atoms with E-state index in [1.54, 1.807) is 13.8 Å². The molecule has 0 saturated carbocycles. The molecule has 60 valence electrons. The zero-order chi connectivity index (χ0) is 8.59. The van der Waals surface area contributed by atoms with Gasteiger partial charge in [0.2, 0.25) is 0 Å². The molecular formula is C8H7Cl2NaO. The quantitative estimate of drug-likeness (QED) is 0.542. The van der Waals surface area contributed by atoms with Crippen LogP contribution in [0.25, 0.3) is 0 Å². The molecule has 0 spiro atoms. The average Bonchev–Trinajstić information content (AvgIpc) is 1.97. The van der Waals surface area contributed by atoms with Gasteiger partial charge in [0.25, 0.3) is 0 Å². The minimum Gasteiger partial charge on any atom is -0.871 e. The van der Waals surface area contributed by atoms with E-state index in [4.69, 9.17) is 23.2 Å². The maximum Gasteiger partial charge on any atom is 1.00 e. The Kier molecular flexibility index (Phi) is 4.97. The number of hydrogen-bond donors (Lipinski definition) is 0. The molecule has 0 aliphatic rings. The molecule has 0 atom stereocenters. The van der Waals surface area contributed by atoms with Crippen molar-refractivity contribution in [2.75, 3.05) is 0 Å². The summed E-state index contributed by atoms with van der Waals surface area (Å²) in [6.07, 6.45) is 0. The third-order valence-electron chi connectivity index (χ3n) is 1.57. The van der Waals surface area contributed by atoms with Crippen LogP contribution in [0.5, 0.6) is 5.75 Å². The van der Waals surface area contributed by atoms with Crippen LogP contribution >= 0.6 is 23.2 Å². The van der Waals surface area contributed by atoms with E-state index < -0.39 is 0 Å². The number of aryl methyl sites for hydroxylation is 1. The Labute approximate surface area is 104 Å². The minimum absolute atomic E-state index is 0. The molecule has 0 aliphatic carbocycles. The predicted octanol–water partition coefficient (Wildman–Crippen LogP) is -0.312. The van der Waals surface area contributed by atoms with Gasteiger partial charge < -0.3 is 5.11 Å². The monoisotopic (exact) mass is 212 g/mol. The molecule has 0 heterocycles. The normalized spacial score (nSPS) is 9.33. The molecular weight excluding hydrogens is 206 g/mol. The van der Waals surface area contributed by atoms with Gasteiger partial charge in [-0.05, 0) is 25.0 Å². The predicted molar refractivity (Wildman–Crippen MR) is 45.4 cm³/mol. The molecule has 1 nitrogen and oxygen atoms in total. The van der Waals surface area contributed by atoms with E-state index in [2.05, 4.69) is 0 Å². The third-order valence-corrected chi connectivity index (χ3v) is 2.62. The largest absolute Gasteiger partial charge is 1.00 e. The maximum absolute atomic E-state index is 11.0. The van der Waals surface area contributed by atoms with Crippen molar-refractivity contribution in [3.63, 3.8) is 0 Å². The second-order valence-electron chi connectivity index (χ2n) is 2.44. The van der Waals surface area contributed by atoms with Crippen molar-refractivity contribution in [3.05, 3.63) is 27.2 Å². The van der Waals surface area contributed by atoms with Gasteiger partial charge in [-0.3, -0.25) is 0 Å². The van der Waals surface area contributed by atoms with Crippen molar-refractivity contribution in [1.29, 1.82) is 0 Å². The molecule has 0 bridgehead atoms. The molecule has 0 unspecified atom stereocenters. The minimum atomic E-state index is -0.161. The average molecular weight is 213 g/mol. The SMILES string of the molecule is Cc1cc([O-])c(Cl)c(C)c1Cl.[Na+]. The molecule has 0 amide bonds. The molecule has 0 aliphatic heterocycles. The molecule has 1 aromatic carbocycles. The van der Waals surface area contributed by atoms with Crippen LogP contribution in [0.2, 0.25) is 10.0 Å². The smallest absolute Gasteiger partial charge is 0.871 e. The summed E-state index contributed by atoms with van der Waals surface area (Å²) < 4.78 is 0. The van der Waals surface area contributed by atoms with Crippen molar-refractivity contribution < 1.29 is 34.7 Å². The van der Waals surface area contributed by atoms with Crippen molar-refractivity contribution in [1.82, 2.24) is 0 Å². The fourth-order valence-corrected chi connectivity index (χ4v) is 1.25. The van der Waals surface area contributed by atoms with E-state index in [0.717, 1.165) is 5.56 Å². The Morgan fingerprint density at radius 3 is 2.17 bits per heavy atom. The Morgan fingerprint density at radius 1 is 1.17 bits per heavy atom. The van der Waals surface area contributed by atoms with Crippen LogP contribution in [0.1, 0.15) is 11.1 Å². The van der Waals surface area contributed by atoms with E-state index in [1.807, 2.05) is 0 Å². The molecule has 1 rings (SSSR count). The first kappa shape index (κ1) is 12.6. The third kappa shape index (κ3) is 2.30. The van der Waals surface area contributed by atoms with Crippen LogP contribution in [0.15, 0.2) is 6.07 Å². The number of benzene rings is 1. The van der Waals surface area contributed by atoms with Crippen molar-refractivity contribution in [2.45, 2.75) is 13.8 Å². The van der Waals surface area contributed by atoms with Crippen LogP contribution in [0.4, 0.5) is 0 Å². The van der Waals surface area contributed by atoms with E-state index >= 15 is 0 Å². The van der Waals surface area contributed by atoms with E-state index in [0.29, 0.717) is 10.6 Å². The van der Waals surface area contributed by atoms with Crippen LogP contribution < -0.4 is 34.7 Å². The van der Waals surface area contributed by atoms with E-state index in [9.17, 15) is 5.11 Å². The molecule has 0 aromatic heterocycles.